The van der Waals surface area contributed by atoms with E-state index in [0.29, 0.717) is 11.4 Å². The average Bonchev–Trinajstić information content (AvgIpc) is 3.99. The predicted octanol–water partition coefficient (Wildman–Crippen LogP) is 15.7. The summed E-state index contributed by atoms with van der Waals surface area (Å²) in [5.41, 5.74) is 10.4. The largest absolute Gasteiger partial charge is 0.497 e. The van der Waals surface area contributed by atoms with Crippen molar-refractivity contribution in [3.8, 4) is 45.3 Å². The molecule has 5 aromatic heterocycles. The van der Waals surface area contributed by atoms with Gasteiger partial charge in [0.1, 0.15) is 22.7 Å². The molecule has 10 heteroatoms. The standard InChI is InChI=1S/C23H14N2O2.C23H14N2OS.C11H8N.Ir/c2*1-24-15-9-7-14(8-10-15)22-21-18-5-3-4-6-20(18)27-23(21)17-12-11-16(26-2)13-19(17)25-22;1-2-6-10(7-3-1)11-8-4-5-9-12-11;/h2*3-13H,2H3;1-6,8-9H;/q;;-1;. The molecule has 0 unspecified atom stereocenters. The van der Waals surface area contributed by atoms with Crippen molar-refractivity contribution in [1.82, 2.24) is 15.0 Å². The molecule has 0 saturated carbocycles. The Morgan fingerprint density at radius 3 is 1.76 bits per heavy atom. The van der Waals surface area contributed by atoms with E-state index in [1.807, 2.05) is 140 Å². The summed E-state index contributed by atoms with van der Waals surface area (Å²) in [4.78, 5) is 21.1. The van der Waals surface area contributed by atoms with E-state index < -0.39 is 0 Å². The zero-order valence-electron chi connectivity index (χ0n) is 36.0. The molecule has 12 aromatic rings. The van der Waals surface area contributed by atoms with Gasteiger partial charge >= 0.3 is 0 Å². The van der Waals surface area contributed by atoms with Crippen LogP contribution in [0.3, 0.4) is 0 Å². The Bertz CT molecular complexity index is 3550. The van der Waals surface area contributed by atoms with E-state index in [1.54, 1.807) is 31.8 Å². The Morgan fingerprint density at radius 1 is 0.567 bits per heavy atom. The van der Waals surface area contributed by atoms with Gasteiger partial charge in [0.25, 0.3) is 0 Å². The summed E-state index contributed by atoms with van der Waals surface area (Å²) in [6.45, 7) is 14.3. The summed E-state index contributed by atoms with van der Waals surface area (Å²) in [5.74, 6) is 1.55. The van der Waals surface area contributed by atoms with Crippen molar-refractivity contribution in [2.24, 2.45) is 0 Å². The van der Waals surface area contributed by atoms with Crippen molar-refractivity contribution in [3.63, 3.8) is 0 Å². The second-order valence-corrected chi connectivity index (χ2v) is 16.2. The minimum Gasteiger partial charge on any atom is -0.497 e. The third-order valence-corrected chi connectivity index (χ3v) is 12.4. The number of benzene rings is 7. The van der Waals surface area contributed by atoms with Crippen LogP contribution in [0.4, 0.5) is 11.4 Å². The molecule has 0 atom stereocenters. The second kappa shape index (κ2) is 19.5. The maximum absolute atomic E-state index is 7.18. The van der Waals surface area contributed by atoms with E-state index in [2.05, 4.69) is 57.1 Å². The van der Waals surface area contributed by atoms with Crippen LogP contribution in [-0.4, -0.2) is 29.2 Å². The van der Waals surface area contributed by atoms with Crippen molar-refractivity contribution >= 4 is 86.6 Å². The van der Waals surface area contributed by atoms with Gasteiger partial charge in [-0.1, -0.05) is 97.1 Å². The molecule has 323 valence electrons. The molecule has 0 saturated heterocycles. The molecule has 0 aliphatic heterocycles. The number of furan rings is 1. The van der Waals surface area contributed by atoms with Gasteiger partial charge in [-0.25, -0.2) is 19.7 Å². The summed E-state index contributed by atoms with van der Waals surface area (Å²) >= 11 is 1.79. The van der Waals surface area contributed by atoms with Crippen molar-refractivity contribution in [2.75, 3.05) is 14.2 Å². The number of aromatic nitrogens is 3. The third-order valence-electron chi connectivity index (χ3n) is 11.2. The molecule has 0 spiro atoms. The fourth-order valence-electron chi connectivity index (χ4n) is 8.02. The molecule has 0 bridgehead atoms. The topological polar surface area (TPSA) is 79.0 Å². The minimum atomic E-state index is 0. The number of rotatable bonds is 5. The normalized spacial score (nSPS) is 10.7. The summed E-state index contributed by atoms with van der Waals surface area (Å²) in [6.07, 6.45) is 1.79. The molecule has 12 rings (SSSR count). The molecule has 0 aliphatic carbocycles. The maximum atomic E-state index is 7.18. The van der Waals surface area contributed by atoms with Gasteiger partial charge in [-0.3, -0.25) is 0 Å². The van der Waals surface area contributed by atoms with Gasteiger partial charge in [-0.05, 0) is 59.3 Å². The Balaban J connectivity index is 0.000000134. The van der Waals surface area contributed by atoms with Crippen LogP contribution in [0.15, 0.2) is 187 Å². The third kappa shape index (κ3) is 8.69. The molecule has 0 amide bonds. The molecule has 5 heterocycles. The molecule has 67 heavy (non-hydrogen) atoms. The van der Waals surface area contributed by atoms with Gasteiger partial charge < -0.3 is 18.9 Å². The first kappa shape index (κ1) is 44.0. The molecule has 1 radical (unpaired) electrons. The number of thiophene rings is 1. The minimum absolute atomic E-state index is 0. The van der Waals surface area contributed by atoms with Gasteiger partial charge in [-0.2, -0.15) is 0 Å². The van der Waals surface area contributed by atoms with Gasteiger partial charge in [0.05, 0.1) is 55.2 Å². The van der Waals surface area contributed by atoms with E-state index in [-0.39, 0.29) is 20.1 Å². The molecule has 0 fully saturated rings. The van der Waals surface area contributed by atoms with E-state index >= 15 is 0 Å². The fourth-order valence-corrected chi connectivity index (χ4v) is 9.26. The van der Waals surface area contributed by atoms with Crippen LogP contribution in [0.25, 0.3) is 107 Å². The number of hydrogen-bond donors (Lipinski definition) is 0. The van der Waals surface area contributed by atoms with Crippen LogP contribution >= 0.6 is 11.3 Å². The summed E-state index contributed by atoms with van der Waals surface area (Å²) in [5, 5.41) is 6.48. The van der Waals surface area contributed by atoms with Crippen LogP contribution in [0.2, 0.25) is 0 Å². The number of hydrogen-bond acceptors (Lipinski definition) is 7. The number of nitrogens with zero attached hydrogens (tertiary/aromatic N) is 5. The zero-order valence-corrected chi connectivity index (χ0v) is 39.2. The van der Waals surface area contributed by atoms with Gasteiger partial charge in [0.15, 0.2) is 11.4 Å². The molecule has 7 aromatic carbocycles. The van der Waals surface area contributed by atoms with Crippen LogP contribution in [-0.2, 0) is 20.1 Å². The van der Waals surface area contributed by atoms with Crippen molar-refractivity contribution in [3.05, 3.63) is 211 Å². The SMILES string of the molecule is [C-]#[N+]c1ccc(-c2nc3cc(OC)ccc3c3oc4ccccc4c23)cc1.[C-]#[N+]c1ccc(-c2nc3cc(OC)ccc3c3sc4ccccc4c23)cc1.[Ir].[c-]1ccccc1-c1ccccn1. The van der Waals surface area contributed by atoms with Crippen molar-refractivity contribution in [2.45, 2.75) is 0 Å². The van der Waals surface area contributed by atoms with Gasteiger partial charge in [0.2, 0.25) is 0 Å². The van der Waals surface area contributed by atoms with Crippen LogP contribution < -0.4 is 9.47 Å². The Kier molecular flexibility index (Phi) is 12.8. The van der Waals surface area contributed by atoms with Gasteiger partial charge in [0, 0.05) is 74.8 Å². The van der Waals surface area contributed by atoms with Crippen molar-refractivity contribution in [1.29, 1.82) is 0 Å². The number of methoxy groups -OCH3 is 2. The summed E-state index contributed by atoms with van der Waals surface area (Å²) < 4.78 is 19.5. The van der Waals surface area contributed by atoms with Crippen LogP contribution in [0, 0.1) is 19.2 Å². The van der Waals surface area contributed by atoms with Crippen LogP contribution in [0.1, 0.15) is 0 Å². The van der Waals surface area contributed by atoms with Gasteiger partial charge in [-0.15, -0.1) is 47.2 Å². The van der Waals surface area contributed by atoms with E-state index in [9.17, 15) is 0 Å². The molecule has 8 nitrogen and oxygen atoms in total. The number of fused-ring (bicyclic) bond motifs is 10. The second-order valence-electron chi connectivity index (χ2n) is 15.1. The number of pyridine rings is 3. The number of ether oxygens (including phenoxy) is 2. The monoisotopic (exact) mass is 1060 g/mol. The zero-order chi connectivity index (χ0) is 45.0. The van der Waals surface area contributed by atoms with E-state index in [1.165, 1.54) is 20.2 Å². The summed E-state index contributed by atoms with van der Waals surface area (Å²) in [6, 6.07) is 60.3. The quantitative estimate of drug-likeness (QED) is 0.160. The Hall–Kier alpha value is -8.24. The predicted molar refractivity (Wildman–Crippen MR) is 269 cm³/mol. The smallest absolute Gasteiger partial charge is 0.187 e. The van der Waals surface area contributed by atoms with E-state index in [4.69, 9.17) is 37.0 Å². The first-order valence-corrected chi connectivity index (χ1v) is 21.8. The molecular formula is C57H36IrN5O3S-. The number of para-hydroxylation sites is 1. The Labute approximate surface area is 403 Å². The Morgan fingerprint density at radius 2 is 1.15 bits per heavy atom. The van der Waals surface area contributed by atoms with Crippen molar-refractivity contribution < 1.29 is 34.0 Å². The first-order valence-electron chi connectivity index (χ1n) is 21.0. The molecule has 0 aliphatic rings. The first-order chi connectivity index (χ1) is 32.5. The average molecular weight is 1060 g/mol. The molecule has 0 N–H and O–H groups in total. The maximum Gasteiger partial charge on any atom is 0.187 e. The van der Waals surface area contributed by atoms with E-state index in [0.717, 1.165) is 89.0 Å². The van der Waals surface area contributed by atoms with Crippen LogP contribution in [0.5, 0.6) is 11.5 Å². The fraction of sp³-hybridized carbons (Fsp3) is 0.0351. The summed E-state index contributed by atoms with van der Waals surface area (Å²) in [7, 11) is 3.31. The molecular weight excluding hydrogens is 1030 g/mol.